The van der Waals surface area contributed by atoms with Gasteiger partial charge in [0.2, 0.25) is 5.91 Å². The first-order valence-corrected chi connectivity index (χ1v) is 13.5. The van der Waals surface area contributed by atoms with E-state index in [1.807, 2.05) is 49.4 Å². The zero-order valence-corrected chi connectivity index (χ0v) is 21.0. The predicted octanol–water partition coefficient (Wildman–Crippen LogP) is 4.85. The second kappa shape index (κ2) is 9.06. The number of carbonyl (C=O) groups is 3. The molecule has 1 unspecified atom stereocenters. The van der Waals surface area contributed by atoms with Gasteiger partial charge in [0.15, 0.2) is 0 Å². The van der Waals surface area contributed by atoms with Crippen LogP contribution in [0.5, 0.6) is 0 Å². The Kier molecular flexibility index (Phi) is 5.85. The van der Waals surface area contributed by atoms with Gasteiger partial charge in [0.1, 0.15) is 6.04 Å². The fourth-order valence-electron chi connectivity index (χ4n) is 7.68. The lowest BCUT2D eigenvalue weighted by atomic mass is 9.53. The molecule has 6 heteroatoms. The summed E-state index contributed by atoms with van der Waals surface area (Å²) in [5.74, 6) is 1.57. The molecule has 6 nitrogen and oxygen atoms in total. The van der Waals surface area contributed by atoms with E-state index in [1.165, 1.54) is 24.2 Å². The first kappa shape index (κ1) is 23.3. The Balaban J connectivity index is 1.25. The van der Waals surface area contributed by atoms with Crippen LogP contribution in [-0.2, 0) is 16.0 Å². The van der Waals surface area contributed by atoms with Gasteiger partial charge < -0.3 is 10.2 Å². The Morgan fingerprint density at radius 1 is 0.944 bits per heavy atom. The average Bonchev–Trinajstić information content (AvgIpc) is 3.13. The van der Waals surface area contributed by atoms with Crippen molar-refractivity contribution in [2.75, 3.05) is 11.4 Å². The second-order valence-corrected chi connectivity index (χ2v) is 11.7. The van der Waals surface area contributed by atoms with Crippen LogP contribution >= 0.6 is 0 Å². The van der Waals surface area contributed by atoms with Crippen molar-refractivity contribution in [2.45, 2.75) is 69.9 Å². The molecule has 4 aliphatic carbocycles. The monoisotopic (exact) mass is 485 g/mol. The van der Waals surface area contributed by atoms with Gasteiger partial charge in [0, 0.05) is 12.1 Å². The zero-order chi connectivity index (χ0) is 24.9. The summed E-state index contributed by atoms with van der Waals surface area (Å²) < 4.78 is 0. The van der Waals surface area contributed by atoms with Crippen LogP contribution < -0.4 is 10.2 Å². The minimum Gasteiger partial charge on any atom is -0.333 e. The molecule has 1 N–H and O–H groups in total. The molecule has 5 fully saturated rings. The fraction of sp³-hybridized carbons (Fsp3) is 0.500. The van der Waals surface area contributed by atoms with E-state index in [9.17, 15) is 14.4 Å². The molecule has 0 spiro atoms. The summed E-state index contributed by atoms with van der Waals surface area (Å²) >= 11 is 0. The Bertz CT molecular complexity index is 1120. The van der Waals surface area contributed by atoms with Crippen molar-refractivity contribution in [2.24, 2.45) is 17.8 Å². The van der Waals surface area contributed by atoms with Crippen LogP contribution in [0.2, 0.25) is 0 Å². The minimum atomic E-state index is -0.781. The molecule has 4 saturated carbocycles. The average molecular weight is 486 g/mol. The topological polar surface area (TPSA) is 69.7 Å². The van der Waals surface area contributed by atoms with Crippen molar-refractivity contribution in [3.8, 4) is 0 Å². The summed E-state index contributed by atoms with van der Waals surface area (Å²) in [5, 5.41) is 3.44. The third-order valence-electron chi connectivity index (χ3n) is 8.95. The second-order valence-electron chi connectivity index (χ2n) is 11.7. The lowest BCUT2D eigenvalue weighted by Crippen LogP contribution is -2.63. The van der Waals surface area contributed by atoms with Gasteiger partial charge in [-0.1, -0.05) is 48.0 Å². The van der Waals surface area contributed by atoms with E-state index in [-0.39, 0.29) is 29.8 Å². The standard InChI is InChI=1S/C30H35N3O3/c1-20-7-9-25(10-8-20)33-27(34)16-26(28(33)35)32(12-11-21-5-3-2-4-6-21)29(36)31-30-17-22-13-23(18-30)15-24(14-22)19-30/h2-10,22-24,26H,11-19H2,1H3,(H,31,36). The number of rotatable bonds is 6. The molecular formula is C30H35N3O3. The predicted molar refractivity (Wildman–Crippen MR) is 138 cm³/mol. The fourth-order valence-corrected chi connectivity index (χ4v) is 7.68. The number of anilines is 1. The molecule has 0 aromatic heterocycles. The van der Waals surface area contributed by atoms with Gasteiger partial charge in [-0.25, -0.2) is 9.69 Å². The largest absolute Gasteiger partial charge is 0.333 e. The quantitative estimate of drug-likeness (QED) is 0.595. The van der Waals surface area contributed by atoms with E-state index < -0.39 is 6.04 Å². The number of benzene rings is 2. The summed E-state index contributed by atoms with van der Waals surface area (Å²) in [7, 11) is 0. The molecule has 4 bridgehead atoms. The number of amides is 4. The van der Waals surface area contributed by atoms with Crippen LogP contribution in [-0.4, -0.2) is 40.9 Å². The van der Waals surface area contributed by atoms with E-state index in [0.717, 1.165) is 30.4 Å². The Hall–Kier alpha value is -3.15. The maximum atomic E-state index is 13.9. The first-order chi connectivity index (χ1) is 17.4. The molecule has 2 aromatic carbocycles. The van der Waals surface area contributed by atoms with E-state index >= 15 is 0 Å². The van der Waals surface area contributed by atoms with Gasteiger partial charge in [-0.15, -0.1) is 0 Å². The van der Waals surface area contributed by atoms with Gasteiger partial charge in [-0.2, -0.15) is 0 Å². The Morgan fingerprint density at radius 3 is 2.17 bits per heavy atom. The van der Waals surface area contributed by atoms with Crippen LogP contribution in [0.3, 0.4) is 0 Å². The van der Waals surface area contributed by atoms with Crippen molar-refractivity contribution in [1.82, 2.24) is 10.2 Å². The van der Waals surface area contributed by atoms with Crippen molar-refractivity contribution >= 4 is 23.5 Å². The SMILES string of the molecule is Cc1ccc(N2C(=O)CC(N(CCc3ccccc3)C(=O)NC34CC5CC(CC(C5)C3)C4)C2=O)cc1. The summed E-state index contributed by atoms with van der Waals surface area (Å²) in [6.45, 7) is 2.37. The zero-order valence-electron chi connectivity index (χ0n) is 21.0. The molecule has 7 rings (SSSR count). The molecule has 2 aromatic rings. The van der Waals surface area contributed by atoms with Gasteiger partial charge in [-0.05, 0) is 87.3 Å². The van der Waals surface area contributed by atoms with E-state index in [4.69, 9.17) is 0 Å². The summed E-state index contributed by atoms with van der Waals surface area (Å²) in [6, 6.07) is 16.4. The summed E-state index contributed by atoms with van der Waals surface area (Å²) in [5.41, 5.74) is 2.59. The maximum absolute atomic E-state index is 13.9. The highest BCUT2D eigenvalue weighted by Crippen LogP contribution is 2.55. The molecule has 36 heavy (non-hydrogen) atoms. The highest BCUT2D eigenvalue weighted by atomic mass is 16.2. The molecule has 1 heterocycles. The number of aryl methyl sites for hydroxylation is 1. The number of nitrogens with zero attached hydrogens (tertiary/aromatic N) is 2. The van der Waals surface area contributed by atoms with E-state index in [0.29, 0.717) is 36.4 Å². The molecule has 1 aliphatic heterocycles. The van der Waals surface area contributed by atoms with Crippen molar-refractivity contribution < 1.29 is 14.4 Å². The molecule has 5 aliphatic rings. The van der Waals surface area contributed by atoms with Crippen LogP contribution in [0.15, 0.2) is 54.6 Å². The van der Waals surface area contributed by atoms with Crippen molar-refractivity contribution in [3.05, 3.63) is 65.7 Å². The van der Waals surface area contributed by atoms with E-state index in [1.54, 1.807) is 17.0 Å². The highest BCUT2D eigenvalue weighted by molar-refractivity contribution is 6.23. The maximum Gasteiger partial charge on any atom is 0.318 e. The van der Waals surface area contributed by atoms with Crippen LogP contribution in [0.1, 0.15) is 56.1 Å². The number of hydrogen-bond acceptors (Lipinski definition) is 3. The third-order valence-corrected chi connectivity index (χ3v) is 8.95. The van der Waals surface area contributed by atoms with Crippen LogP contribution in [0.4, 0.5) is 10.5 Å². The molecule has 1 saturated heterocycles. The smallest absolute Gasteiger partial charge is 0.318 e. The normalized spacial score (nSPS) is 30.6. The molecule has 188 valence electrons. The van der Waals surface area contributed by atoms with Gasteiger partial charge in [0.05, 0.1) is 12.1 Å². The van der Waals surface area contributed by atoms with Crippen LogP contribution in [0, 0.1) is 24.7 Å². The van der Waals surface area contributed by atoms with Crippen molar-refractivity contribution in [1.29, 1.82) is 0 Å². The number of nitrogens with one attached hydrogen (secondary N) is 1. The van der Waals surface area contributed by atoms with Gasteiger partial charge in [-0.3, -0.25) is 9.59 Å². The molecule has 4 amide bonds. The summed E-state index contributed by atoms with van der Waals surface area (Å²) in [4.78, 5) is 43.5. The number of urea groups is 1. The van der Waals surface area contributed by atoms with Gasteiger partial charge >= 0.3 is 6.03 Å². The van der Waals surface area contributed by atoms with Crippen molar-refractivity contribution in [3.63, 3.8) is 0 Å². The lowest BCUT2D eigenvalue weighted by molar-refractivity contribution is -0.122. The molecule has 0 radical (unpaired) electrons. The summed E-state index contributed by atoms with van der Waals surface area (Å²) in [6.07, 6.45) is 7.70. The Labute approximate surface area is 213 Å². The first-order valence-electron chi connectivity index (χ1n) is 13.5. The minimum absolute atomic E-state index is 0.0236. The number of hydrogen-bond donors (Lipinski definition) is 1. The highest BCUT2D eigenvalue weighted by Gasteiger charge is 2.53. The third kappa shape index (κ3) is 4.31. The number of carbonyl (C=O) groups excluding carboxylic acids is 3. The molecular weight excluding hydrogens is 450 g/mol. The number of imide groups is 1. The van der Waals surface area contributed by atoms with Crippen LogP contribution in [0.25, 0.3) is 0 Å². The molecule has 1 atom stereocenters. The van der Waals surface area contributed by atoms with E-state index in [2.05, 4.69) is 5.32 Å². The lowest BCUT2D eigenvalue weighted by Gasteiger charge is -2.57. The van der Waals surface area contributed by atoms with Gasteiger partial charge in [0.25, 0.3) is 5.91 Å². The Morgan fingerprint density at radius 2 is 1.56 bits per heavy atom.